The summed E-state index contributed by atoms with van der Waals surface area (Å²) < 4.78 is 34.4. The Bertz CT molecular complexity index is 1520. The van der Waals surface area contributed by atoms with Gasteiger partial charge >= 0.3 is 6.61 Å². The van der Waals surface area contributed by atoms with Gasteiger partial charge in [0.05, 0.1) is 17.9 Å². The molecule has 0 spiro atoms. The van der Waals surface area contributed by atoms with Gasteiger partial charge in [0, 0.05) is 22.4 Å². The van der Waals surface area contributed by atoms with Crippen LogP contribution >= 0.6 is 23.1 Å². The highest BCUT2D eigenvalue weighted by Crippen LogP contribution is 2.37. The van der Waals surface area contributed by atoms with Crippen LogP contribution < -0.4 is 20.5 Å². The summed E-state index contributed by atoms with van der Waals surface area (Å²) in [5.74, 6) is 0.973. The molecule has 0 bridgehead atoms. The Morgan fingerprint density at radius 3 is 2.36 bits per heavy atom. The van der Waals surface area contributed by atoms with E-state index in [1.54, 1.807) is 36.4 Å². The van der Waals surface area contributed by atoms with Crippen molar-refractivity contribution in [1.29, 1.82) is 10.5 Å². The normalized spacial score (nSPS) is 10.6. The molecular weight excluding hydrogens is 546 g/mol. The van der Waals surface area contributed by atoms with Gasteiger partial charge < -0.3 is 25.6 Å². The summed E-state index contributed by atoms with van der Waals surface area (Å²) in [6, 6.07) is 17.0. The third-order valence-corrected chi connectivity index (χ3v) is 6.97. The predicted octanol–water partition coefficient (Wildman–Crippen LogP) is 5.54. The summed E-state index contributed by atoms with van der Waals surface area (Å²) in [6.45, 7) is -2.87. The minimum atomic E-state index is -2.89. The molecule has 2 aromatic heterocycles. The van der Waals surface area contributed by atoms with Crippen molar-refractivity contribution in [2.45, 2.75) is 17.4 Å². The molecule has 0 fully saturated rings. The first-order valence-electron chi connectivity index (χ1n) is 11.3. The Morgan fingerprint density at radius 2 is 1.72 bits per heavy atom. The average molecular weight is 567 g/mol. The molecule has 0 unspecified atom stereocenters. The summed E-state index contributed by atoms with van der Waals surface area (Å²) in [5, 5.41) is 34.6. The van der Waals surface area contributed by atoms with E-state index in [2.05, 4.69) is 32.2 Å². The highest BCUT2D eigenvalue weighted by Gasteiger charge is 2.21. The van der Waals surface area contributed by atoms with Gasteiger partial charge in [-0.1, -0.05) is 23.9 Å². The zero-order chi connectivity index (χ0) is 27.8. The van der Waals surface area contributed by atoms with E-state index in [0.29, 0.717) is 44.2 Å². The number of thiazole rings is 1. The molecule has 0 aliphatic heterocycles. The van der Waals surface area contributed by atoms with Crippen LogP contribution in [0.25, 0.3) is 11.1 Å². The number of hydrogen-bond acceptors (Lipinski definition) is 11. The van der Waals surface area contributed by atoms with Crippen LogP contribution in [0.5, 0.6) is 11.5 Å². The number of thioether (sulfide) groups is 1. The van der Waals surface area contributed by atoms with Crippen molar-refractivity contribution in [1.82, 2.24) is 9.97 Å². The SMILES string of the molecule is N#Cc1c(N)nc(SCc2csc(Nc3ccc(OC(F)F)cc3)n2)c(C#N)c1-c1ccc(OCCO)cc1. The molecule has 9 nitrogen and oxygen atoms in total. The van der Waals surface area contributed by atoms with Crippen molar-refractivity contribution in [2.24, 2.45) is 0 Å². The lowest BCUT2D eigenvalue weighted by atomic mass is 9.97. The number of alkyl halides is 2. The fraction of sp³-hybridized carbons (Fsp3) is 0.154. The molecule has 0 aliphatic carbocycles. The number of ether oxygens (including phenoxy) is 2. The van der Waals surface area contributed by atoms with Gasteiger partial charge in [-0.25, -0.2) is 9.97 Å². The largest absolute Gasteiger partial charge is 0.491 e. The lowest BCUT2D eigenvalue weighted by Gasteiger charge is -2.13. The molecule has 198 valence electrons. The van der Waals surface area contributed by atoms with Crippen LogP contribution in [0.15, 0.2) is 58.9 Å². The zero-order valence-electron chi connectivity index (χ0n) is 20.1. The Hall–Kier alpha value is -4.43. The molecule has 2 heterocycles. The zero-order valence-corrected chi connectivity index (χ0v) is 21.7. The number of aromatic nitrogens is 2. The Labute approximate surface area is 230 Å². The molecular formula is C26H20F2N6O3S2. The maximum absolute atomic E-state index is 12.3. The second-order valence-corrected chi connectivity index (χ2v) is 9.53. The van der Waals surface area contributed by atoms with E-state index in [0.717, 1.165) is 0 Å². The Kier molecular flexibility index (Phi) is 9.12. The van der Waals surface area contributed by atoms with E-state index < -0.39 is 6.61 Å². The Balaban J connectivity index is 1.52. The number of nitriles is 2. The fourth-order valence-electron chi connectivity index (χ4n) is 3.49. The summed E-state index contributed by atoms with van der Waals surface area (Å²) >= 11 is 2.61. The topological polar surface area (TPSA) is 150 Å². The van der Waals surface area contributed by atoms with E-state index in [4.69, 9.17) is 15.6 Å². The van der Waals surface area contributed by atoms with Gasteiger partial charge in [-0.3, -0.25) is 0 Å². The van der Waals surface area contributed by atoms with Crippen LogP contribution in [0, 0.1) is 22.7 Å². The summed E-state index contributed by atoms with van der Waals surface area (Å²) in [7, 11) is 0. The molecule has 0 atom stereocenters. The maximum Gasteiger partial charge on any atom is 0.387 e. The molecule has 39 heavy (non-hydrogen) atoms. The summed E-state index contributed by atoms with van der Waals surface area (Å²) in [4.78, 5) is 8.84. The fourth-order valence-corrected chi connectivity index (χ4v) is 5.21. The number of hydrogen-bond donors (Lipinski definition) is 3. The molecule has 4 rings (SSSR count). The number of aliphatic hydroxyl groups excluding tert-OH is 1. The van der Waals surface area contributed by atoms with Gasteiger partial charge in [0.2, 0.25) is 0 Å². The third kappa shape index (κ3) is 6.91. The van der Waals surface area contributed by atoms with E-state index >= 15 is 0 Å². The molecule has 0 saturated carbocycles. The number of nitrogen functional groups attached to an aromatic ring is 1. The first-order valence-corrected chi connectivity index (χ1v) is 13.1. The van der Waals surface area contributed by atoms with Gasteiger partial charge in [0.1, 0.15) is 46.7 Å². The van der Waals surface area contributed by atoms with E-state index in [1.807, 2.05) is 5.38 Å². The molecule has 0 radical (unpaired) electrons. The molecule has 0 amide bonds. The summed E-state index contributed by atoms with van der Waals surface area (Å²) in [6.07, 6.45) is 0. The minimum Gasteiger partial charge on any atom is -0.491 e. The number of rotatable bonds is 11. The molecule has 13 heteroatoms. The highest BCUT2D eigenvalue weighted by atomic mass is 32.2. The van der Waals surface area contributed by atoms with Crippen molar-refractivity contribution in [3.8, 4) is 34.8 Å². The first-order chi connectivity index (χ1) is 18.9. The van der Waals surface area contributed by atoms with Crippen molar-refractivity contribution < 1.29 is 23.4 Å². The van der Waals surface area contributed by atoms with Crippen LogP contribution in [0.1, 0.15) is 16.8 Å². The van der Waals surface area contributed by atoms with Gasteiger partial charge in [-0.05, 0) is 42.0 Å². The number of aliphatic hydroxyl groups is 1. The predicted molar refractivity (Wildman–Crippen MR) is 144 cm³/mol. The number of pyridine rings is 1. The number of nitrogens with two attached hydrogens (primary N) is 1. The van der Waals surface area contributed by atoms with Gasteiger partial charge in [-0.2, -0.15) is 19.3 Å². The van der Waals surface area contributed by atoms with Gasteiger partial charge in [-0.15, -0.1) is 11.3 Å². The lowest BCUT2D eigenvalue weighted by Crippen LogP contribution is -2.04. The number of nitrogens with one attached hydrogen (secondary N) is 1. The maximum atomic E-state index is 12.3. The van der Waals surface area contributed by atoms with Gasteiger partial charge in [0.15, 0.2) is 5.13 Å². The van der Waals surface area contributed by atoms with Crippen molar-refractivity contribution in [3.05, 3.63) is 70.7 Å². The molecule has 0 aliphatic rings. The molecule has 4 aromatic rings. The van der Waals surface area contributed by atoms with Crippen molar-refractivity contribution in [2.75, 3.05) is 24.3 Å². The number of benzene rings is 2. The second kappa shape index (κ2) is 12.9. The number of halogens is 2. The quantitative estimate of drug-likeness (QED) is 0.197. The molecule has 4 N–H and O–H groups in total. The molecule has 2 aromatic carbocycles. The minimum absolute atomic E-state index is 0.00880. The van der Waals surface area contributed by atoms with Crippen LogP contribution in [-0.4, -0.2) is 34.9 Å². The van der Waals surface area contributed by atoms with Crippen LogP contribution in [0.3, 0.4) is 0 Å². The lowest BCUT2D eigenvalue weighted by molar-refractivity contribution is -0.0498. The van der Waals surface area contributed by atoms with Crippen LogP contribution in [-0.2, 0) is 5.75 Å². The van der Waals surface area contributed by atoms with E-state index in [1.165, 1.54) is 35.2 Å². The molecule has 0 saturated heterocycles. The highest BCUT2D eigenvalue weighted by molar-refractivity contribution is 7.98. The van der Waals surface area contributed by atoms with E-state index in [-0.39, 0.29) is 35.9 Å². The smallest absolute Gasteiger partial charge is 0.387 e. The Morgan fingerprint density at radius 1 is 1.03 bits per heavy atom. The first kappa shape index (κ1) is 27.6. The second-order valence-electron chi connectivity index (χ2n) is 7.71. The van der Waals surface area contributed by atoms with Crippen LogP contribution in [0.4, 0.5) is 25.4 Å². The third-order valence-electron chi connectivity index (χ3n) is 5.16. The summed E-state index contributed by atoms with van der Waals surface area (Å²) in [5.41, 5.74) is 8.76. The monoisotopic (exact) mass is 566 g/mol. The van der Waals surface area contributed by atoms with Crippen LogP contribution in [0.2, 0.25) is 0 Å². The van der Waals surface area contributed by atoms with E-state index in [9.17, 15) is 19.3 Å². The number of anilines is 3. The van der Waals surface area contributed by atoms with Crippen molar-refractivity contribution in [3.63, 3.8) is 0 Å². The van der Waals surface area contributed by atoms with Crippen molar-refractivity contribution >= 4 is 39.7 Å². The number of nitrogens with zero attached hydrogens (tertiary/aromatic N) is 4. The van der Waals surface area contributed by atoms with Gasteiger partial charge in [0.25, 0.3) is 0 Å². The standard InChI is InChI=1S/C26H20F2N6O3S2/c27-25(28)37-19-7-3-16(4-8-19)32-26-33-17(14-39-26)13-38-24-21(12-30)22(20(11-29)23(31)34-24)15-1-5-18(6-2-15)36-10-9-35/h1-8,14,25,35H,9-10,13H2,(H2,31,34)(H,32,33). The average Bonchev–Trinajstić information content (AvgIpc) is 3.38.